The predicted octanol–water partition coefficient (Wildman–Crippen LogP) is 1.07. The van der Waals surface area contributed by atoms with Crippen molar-refractivity contribution >= 4 is 16.0 Å². The molecule has 0 unspecified atom stereocenters. The minimum Gasteiger partial charge on any atom is -0.468 e. The quantitative estimate of drug-likeness (QED) is 0.871. The first-order valence-electron chi connectivity index (χ1n) is 6.84. The van der Waals surface area contributed by atoms with Crippen molar-refractivity contribution in [2.24, 2.45) is 4.99 Å². The summed E-state index contributed by atoms with van der Waals surface area (Å²) in [4.78, 5) is 6.06. The predicted molar refractivity (Wildman–Crippen MR) is 81.3 cm³/mol. The minimum atomic E-state index is -3.79. The van der Waals surface area contributed by atoms with Crippen LogP contribution < -0.4 is 10.0 Å². The zero-order valence-corrected chi connectivity index (χ0v) is 12.9. The lowest BCUT2D eigenvalue weighted by Crippen LogP contribution is -2.49. The van der Waals surface area contributed by atoms with Gasteiger partial charge in [0, 0.05) is 0 Å². The molecule has 0 saturated heterocycles. The lowest BCUT2D eigenvalue weighted by atomic mass is 10.4. The van der Waals surface area contributed by atoms with Crippen LogP contribution in [0.25, 0.3) is 0 Å². The first kappa shape index (κ1) is 15.5. The summed E-state index contributed by atoms with van der Waals surface area (Å²) in [6, 6.07) is 8.24. The normalized spacial score (nSPS) is 15.8. The minimum absolute atomic E-state index is 0.0265. The van der Waals surface area contributed by atoms with Gasteiger partial charge >= 0.3 is 0 Å². The molecule has 2 aromatic rings. The van der Waals surface area contributed by atoms with Crippen LogP contribution in [0, 0.1) is 5.82 Å². The Labute approximate surface area is 132 Å². The van der Waals surface area contributed by atoms with E-state index in [0.29, 0.717) is 19.9 Å². The molecule has 0 amide bonds. The maximum atomic E-state index is 12.9. The van der Waals surface area contributed by atoms with E-state index in [9.17, 15) is 12.8 Å². The number of sulfonamides is 1. The number of guanidine groups is 1. The number of nitrogens with zero attached hydrogens (tertiary/aromatic N) is 2. The Balaban J connectivity index is 1.62. The lowest BCUT2D eigenvalue weighted by Gasteiger charge is -2.26. The van der Waals surface area contributed by atoms with Crippen molar-refractivity contribution in [2.75, 3.05) is 13.3 Å². The highest BCUT2D eigenvalue weighted by Gasteiger charge is 2.19. The summed E-state index contributed by atoms with van der Waals surface area (Å²) in [5.41, 5.74) is 0. The van der Waals surface area contributed by atoms with Crippen molar-refractivity contribution in [1.82, 2.24) is 14.9 Å². The van der Waals surface area contributed by atoms with Crippen LogP contribution in [0.15, 0.2) is 57.0 Å². The Morgan fingerprint density at radius 1 is 1.30 bits per heavy atom. The second kappa shape index (κ2) is 6.39. The summed E-state index contributed by atoms with van der Waals surface area (Å²) in [6.07, 6.45) is 1.60. The molecule has 1 aromatic carbocycles. The molecule has 2 heterocycles. The van der Waals surface area contributed by atoms with Crippen LogP contribution in [0.3, 0.4) is 0 Å². The molecule has 2 N–H and O–H groups in total. The average Bonchev–Trinajstić information content (AvgIpc) is 3.02. The number of rotatable bonds is 4. The van der Waals surface area contributed by atoms with Gasteiger partial charge in [0.25, 0.3) is 10.0 Å². The van der Waals surface area contributed by atoms with Crippen molar-refractivity contribution in [3.05, 3.63) is 54.2 Å². The SMILES string of the molecule is O=S(=O)(NC1=NCN(Cc2ccco2)CN1)c1ccc(F)cc1. The second-order valence-electron chi connectivity index (χ2n) is 4.95. The number of hydrogen-bond acceptors (Lipinski definition) is 6. The molecule has 0 saturated carbocycles. The zero-order valence-electron chi connectivity index (χ0n) is 12.1. The molecule has 1 aliphatic heterocycles. The Morgan fingerprint density at radius 2 is 2.09 bits per heavy atom. The fourth-order valence-electron chi connectivity index (χ4n) is 2.06. The molecule has 0 aliphatic carbocycles. The Kier molecular flexibility index (Phi) is 4.30. The molecule has 0 spiro atoms. The van der Waals surface area contributed by atoms with Crippen LogP contribution in [0.2, 0.25) is 0 Å². The third kappa shape index (κ3) is 3.88. The molecule has 7 nitrogen and oxygen atoms in total. The first-order valence-corrected chi connectivity index (χ1v) is 8.33. The first-order chi connectivity index (χ1) is 11.0. The van der Waals surface area contributed by atoms with Gasteiger partial charge in [-0.3, -0.25) is 4.90 Å². The van der Waals surface area contributed by atoms with E-state index in [1.807, 2.05) is 11.0 Å². The van der Waals surface area contributed by atoms with E-state index in [1.54, 1.807) is 12.3 Å². The zero-order chi connectivity index (χ0) is 16.3. The summed E-state index contributed by atoms with van der Waals surface area (Å²) in [5, 5.41) is 2.89. The van der Waals surface area contributed by atoms with Gasteiger partial charge in [-0.25, -0.2) is 22.5 Å². The van der Waals surface area contributed by atoms with Gasteiger partial charge in [-0.15, -0.1) is 0 Å². The van der Waals surface area contributed by atoms with Crippen LogP contribution >= 0.6 is 0 Å². The molecule has 1 aliphatic rings. The summed E-state index contributed by atoms with van der Waals surface area (Å²) in [7, 11) is -3.79. The molecular formula is C14H15FN4O3S. The molecule has 0 fully saturated rings. The third-order valence-electron chi connectivity index (χ3n) is 3.21. The fourth-order valence-corrected chi connectivity index (χ4v) is 3.06. The molecule has 0 atom stereocenters. The number of aliphatic imine (C=N–C) groups is 1. The fraction of sp³-hybridized carbons (Fsp3) is 0.214. The van der Waals surface area contributed by atoms with Gasteiger partial charge in [0.15, 0.2) is 0 Å². The number of benzene rings is 1. The van der Waals surface area contributed by atoms with Crippen LogP contribution in [0.5, 0.6) is 0 Å². The molecule has 0 radical (unpaired) electrons. The van der Waals surface area contributed by atoms with Crippen LogP contribution in [0.4, 0.5) is 4.39 Å². The van der Waals surface area contributed by atoms with Gasteiger partial charge < -0.3 is 9.73 Å². The van der Waals surface area contributed by atoms with E-state index in [-0.39, 0.29) is 10.9 Å². The molecule has 122 valence electrons. The molecule has 3 rings (SSSR count). The van der Waals surface area contributed by atoms with E-state index in [1.165, 1.54) is 12.1 Å². The van der Waals surface area contributed by atoms with E-state index in [2.05, 4.69) is 15.0 Å². The number of nitrogens with one attached hydrogen (secondary N) is 2. The monoisotopic (exact) mass is 338 g/mol. The van der Waals surface area contributed by atoms with Crippen LogP contribution in [-0.4, -0.2) is 32.6 Å². The van der Waals surface area contributed by atoms with Gasteiger partial charge in [-0.1, -0.05) is 0 Å². The lowest BCUT2D eigenvalue weighted by molar-refractivity contribution is 0.235. The van der Waals surface area contributed by atoms with Gasteiger partial charge in [0.2, 0.25) is 5.96 Å². The van der Waals surface area contributed by atoms with Gasteiger partial charge in [0.05, 0.1) is 31.0 Å². The second-order valence-corrected chi connectivity index (χ2v) is 6.63. The Bertz CT molecular complexity index is 788. The largest absolute Gasteiger partial charge is 0.468 e. The standard InChI is InChI=1S/C14H15FN4O3S/c15-11-3-5-13(6-4-11)23(20,21)18-14-16-9-19(10-17-14)8-12-2-1-7-22-12/h1-7H,8-10H2,(H2,16,17,18). The molecule has 23 heavy (non-hydrogen) atoms. The number of halogens is 1. The third-order valence-corrected chi connectivity index (χ3v) is 4.57. The highest BCUT2D eigenvalue weighted by molar-refractivity contribution is 7.90. The van der Waals surface area contributed by atoms with Crippen LogP contribution in [0.1, 0.15) is 5.76 Å². The highest BCUT2D eigenvalue weighted by atomic mass is 32.2. The van der Waals surface area contributed by atoms with Gasteiger partial charge in [-0.05, 0) is 36.4 Å². The van der Waals surface area contributed by atoms with Gasteiger partial charge in [0.1, 0.15) is 11.6 Å². The maximum absolute atomic E-state index is 12.9. The topological polar surface area (TPSA) is 86.9 Å². The summed E-state index contributed by atoms with van der Waals surface area (Å²) in [6.45, 7) is 1.32. The molecular weight excluding hydrogens is 323 g/mol. The van der Waals surface area contributed by atoms with Crippen molar-refractivity contribution < 1.29 is 17.2 Å². The van der Waals surface area contributed by atoms with Gasteiger partial charge in [-0.2, -0.15) is 0 Å². The molecule has 0 bridgehead atoms. The maximum Gasteiger partial charge on any atom is 0.264 e. The summed E-state index contributed by atoms with van der Waals surface area (Å²) >= 11 is 0. The Hall–Kier alpha value is -2.39. The smallest absolute Gasteiger partial charge is 0.264 e. The van der Waals surface area contributed by atoms with Crippen molar-refractivity contribution in [3.63, 3.8) is 0 Å². The van der Waals surface area contributed by atoms with Crippen LogP contribution in [-0.2, 0) is 16.6 Å². The average molecular weight is 338 g/mol. The van der Waals surface area contributed by atoms with E-state index < -0.39 is 15.8 Å². The van der Waals surface area contributed by atoms with E-state index in [0.717, 1.165) is 17.9 Å². The molecule has 1 aromatic heterocycles. The van der Waals surface area contributed by atoms with Crippen molar-refractivity contribution in [1.29, 1.82) is 0 Å². The van der Waals surface area contributed by atoms with Crippen molar-refractivity contribution in [3.8, 4) is 0 Å². The van der Waals surface area contributed by atoms with Crippen molar-refractivity contribution in [2.45, 2.75) is 11.4 Å². The summed E-state index contributed by atoms with van der Waals surface area (Å²) < 4.78 is 44.8. The van der Waals surface area contributed by atoms with E-state index >= 15 is 0 Å². The highest BCUT2D eigenvalue weighted by Crippen LogP contribution is 2.10. The van der Waals surface area contributed by atoms with E-state index in [4.69, 9.17) is 4.42 Å². The Morgan fingerprint density at radius 3 is 2.70 bits per heavy atom. The summed E-state index contributed by atoms with van der Waals surface area (Å²) in [5.74, 6) is 0.466. The number of hydrogen-bond donors (Lipinski definition) is 2. The number of furan rings is 1. The molecule has 9 heteroatoms.